The van der Waals surface area contributed by atoms with Gasteiger partial charge in [-0.25, -0.2) is 0 Å². The summed E-state index contributed by atoms with van der Waals surface area (Å²) in [5.74, 6) is 2.26. The zero-order valence-corrected chi connectivity index (χ0v) is 15.4. The van der Waals surface area contributed by atoms with Crippen LogP contribution in [-0.2, 0) is 4.79 Å². The number of rotatable bonds is 2. The van der Waals surface area contributed by atoms with Gasteiger partial charge in [0.05, 0.1) is 0 Å². The van der Waals surface area contributed by atoms with Crippen molar-refractivity contribution in [1.29, 1.82) is 0 Å². The number of benzene rings is 2. The summed E-state index contributed by atoms with van der Waals surface area (Å²) < 4.78 is -0.489. The molecule has 1 N–H and O–H groups in total. The fourth-order valence-corrected chi connectivity index (χ4v) is 6.08. The van der Waals surface area contributed by atoms with Gasteiger partial charge in [-0.3, -0.25) is 4.79 Å². The highest BCUT2D eigenvalue weighted by molar-refractivity contribution is 6.51. The molecule has 1 amide bonds. The van der Waals surface area contributed by atoms with Gasteiger partial charge in [0, 0.05) is 17.0 Å². The molecule has 130 valence electrons. The quantitative estimate of drug-likeness (QED) is 0.678. The molecule has 25 heavy (non-hydrogen) atoms. The molecule has 1 unspecified atom stereocenters. The summed E-state index contributed by atoms with van der Waals surface area (Å²) >= 11 is 12.7. The second-order valence-electron chi connectivity index (χ2n) is 7.91. The summed E-state index contributed by atoms with van der Waals surface area (Å²) in [6, 6.07) is 14.3. The number of fused-ring (bicyclic) bond motifs is 3. The first-order chi connectivity index (χ1) is 12.1. The Morgan fingerprint density at radius 2 is 1.56 bits per heavy atom. The standard InChI is InChI=1S/C21H21Cl2NO/c22-21(23)16-10-8-14-15(9-11-17(16)21)19(14)20(25)24-18-7-3-5-12-4-1-2-6-13(12)18/h1-7,14-17,19H,8-11H2,(H,24,25)/t14-,15-,16-,17+,19?/m0/s1. The predicted octanol–water partition coefficient (Wildman–Crippen LogP) is 5.63. The van der Waals surface area contributed by atoms with Crippen molar-refractivity contribution in [3.8, 4) is 0 Å². The van der Waals surface area contributed by atoms with E-state index >= 15 is 0 Å². The Hall–Kier alpha value is -1.25. The average molecular weight is 374 g/mol. The summed E-state index contributed by atoms with van der Waals surface area (Å²) in [4.78, 5) is 12.9. The molecule has 3 aliphatic carbocycles. The van der Waals surface area contributed by atoms with Gasteiger partial charge in [0.25, 0.3) is 0 Å². The Morgan fingerprint density at radius 1 is 0.920 bits per heavy atom. The van der Waals surface area contributed by atoms with Gasteiger partial charge in [0.2, 0.25) is 5.91 Å². The van der Waals surface area contributed by atoms with Crippen LogP contribution in [0.2, 0.25) is 0 Å². The van der Waals surface area contributed by atoms with E-state index in [0.29, 0.717) is 23.7 Å². The zero-order chi connectivity index (χ0) is 17.2. The van der Waals surface area contributed by atoms with Gasteiger partial charge in [0.1, 0.15) is 4.33 Å². The van der Waals surface area contributed by atoms with Crippen LogP contribution in [0.15, 0.2) is 42.5 Å². The van der Waals surface area contributed by atoms with Crippen LogP contribution < -0.4 is 5.32 Å². The van der Waals surface area contributed by atoms with Gasteiger partial charge in [0.15, 0.2) is 0 Å². The molecule has 0 aliphatic heterocycles. The first-order valence-corrected chi connectivity index (χ1v) is 9.99. The molecular formula is C21H21Cl2NO. The molecule has 0 heterocycles. The lowest BCUT2D eigenvalue weighted by molar-refractivity contribution is -0.117. The summed E-state index contributed by atoms with van der Waals surface area (Å²) in [5, 5.41) is 5.45. The van der Waals surface area contributed by atoms with Crippen LogP contribution >= 0.6 is 23.2 Å². The highest BCUT2D eigenvalue weighted by Crippen LogP contribution is 2.67. The maximum absolute atomic E-state index is 12.9. The maximum atomic E-state index is 12.9. The molecule has 5 atom stereocenters. The van der Waals surface area contributed by atoms with Crippen molar-refractivity contribution in [2.45, 2.75) is 30.0 Å². The average Bonchev–Trinajstić information content (AvgIpc) is 3.40. The highest BCUT2D eigenvalue weighted by atomic mass is 35.5. The van der Waals surface area contributed by atoms with Crippen molar-refractivity contribution in [3.05, 3.63) is 42.5 Å². The lowest BCUT2D eigenvalue weighted by atomic mass is 10.0. The van der Waals surface area contributed by atoms with Crippen LogP contribution in [0.4, 0.5) is 5.69 Å². The molecule has 0 spiro atoms. The van der Waals surface area contributed by atoms with Gasteiger partial charge in [-0.15, -0.1) is 23.2 Å². The van der Waals surface area contributed by atoms with Crippen molar-refractivity contribution in [2.75, 3.05) is 5.32 Å². The van der Waals surface area contributed by atoms with E-state index in [-0.39, 0.29) is 11.8 Å². The van der Waals surface area contributed by atoms with Crippen molar-refractivity contribution in [2.24, 2.45) is 29.6 Å². The fraction of sp³-hybridized carbons (Fsp3) is 0.476. The Morgan fingerprint density at radius 3 is 2.28 bits per heavy atom. The van der Waals surface area contributed by atoms with Crippen molar-refractivity contribution in [3.63, 3.8) is 0 Å². The predicted molar refractivity (Wildman–Crippen MR) is 103 cm³/mol. The zero-order valence-electron chi connectivity index (χ0n) is 13.9. The number of hydrogen-bond acceptors (Lipinski definition) is 1. The number of alkyl halides is 2. The van der Waals surface area contributed by atoms with E-state index in [1.54, 1.807) is 0 Å². The minimum absolute atomic E-state index is 0.163. The minimum atomic E-state index is -0.489. The second kappa shape index (κ2) is 5.62. The lowest BCUT2D eigenvalue weighted by Gasteiger charge is -2.09. The molecule has 3 saturated carbocycles. The number of carbonyl (C=O) groups excluding carboxylic acids is 1. The Kier molecular flexibility index (Phi) is 3.59. The number of anilines is 1. The third kappa shape index (κ3) is 2.57. The van der Waals surface area contributed by atoms with Gasteiger partial charge in [-0.05, 0) is 60.8 Å². The summed E-state index contributed by atoms with van der Waals surface area (Å²) in [6.45, 7) is 0. The number of amides is 1. The minimum Gasteiger partial charge on any atom is -0.325 e. The largest absolute Gasteiger partial charge is 0.325 e. The van der Waals surface area contributed by atoms with E-state index in [1.165, 1.54) is 0 Å². The maximum Gasteiger partial charge on any atom is 0.228 e. The monoisotopic (exact) mass is 373 g/mol. The molecule has 0 bridgehead atoms. The smallest absolute Gasteiger partial charge is 0.228 e. The van der Waals surface area contributed by atoms with E-state index in [4.69, 9.17) is 23.2 Å². The van der Waals surface area contributed by atoms with Crippen LogP contribution in [0.5, 0.6) is 0 Å². The molecule has 4 heteroatoms. The summed E-state index contributed by atoms with van der Waals surface area (Å²) in [5.41, 5.74) is 0.922. The van der Waals surface area contributed by atoms with Crippen molar-refractivity contribution >= 4 is 45.6 Å². The van der Waals surface area contributed by atoms with Gasteiger partial charge >= 0.3 is 0 Å². The second-order valence-corrected chi connectivity index (χ2v) is 9.36. The van der Waals surface area contributed by atoms with Crippen molar-refractivity contribution < 1.29 is 4.79 Å². The third-order valence-corrected chi connectivity index (χ3v) is 7.79. The van der Waals surface area contributed by atoms with Crippen LogP contribution in [0.25, 0.3) is 10.8 Å². The number of nitrogens with one attached hydrogen (secondary N) is 1. The fourth-order valence-electron chi connectivity index (χ4n) is 5.16. The van der Waals surface area contributed by atoms with Crippen LogP contribution in [-0.4, -0.2) is 10.2 Å². The first-order valence-electron chi connectivity index (χ1n) is 9.24. The summed E-state index contributed by atoms with van der Waals surface area (Å²) in [6.07, 6.45) is 4.30. The van der Waals surface area contributed by atoms with Crippen LogP contribution in [0.3, 0.4) is 0 Å². The van der Waals surface area contributed by atoms with E-state index < -0.39 is 4.33 Å². The van der Waals surface area contributed by atoms with E-state index in [9.17, 15) is 4.79 Å². The molecule has 0 saturated heterocycles. The van der Waals surface area contributed by atoms with E-state index in [2.05, 4.69) is 23.5 Å². The van der Waals surface area contributed by atoms with E-state index in [0.717, 1.165) is 42.1 Å². The number of halogens is 2. The molecule has 3 fully saturated rings. The molecule has 2 aromatic rings. The Balaban J connectivity index is 1.30. The summed E-state index contributed by atoms with van der Waals surface area (Å²) in [7, 11) is 0. The molecule has 2 aromatic carbocycles. The van der Waals surface area contributed by atoms with E-state index in [1.807, 2.05) is 24.3 Å². The SMILES string of the molecule is O=C(Nc1cccc2ccccc12)C1[C@H]2CC[C@@H]3[C@H](CC[C@H]12)C3(Cl)Cl. The van der Waals surface area contributed by atoms with Gasteiger partial charge in [-0.1, -0.05) is 36.4 Å². The molecular weight excluding hydrogens is 353 g/mol. The molecule has 3 aliphatic rings. The Labute approximate surface area is 157 Å². The van der Waals surface area contributed by atoms with Gasteiger partial charge < -0.3 is 5.32 Å². The lowest BCUT2D eigenvalue weighted by Crippen LogP contribution is -2.16. The Bertz CT molecular complexity index is 821. The first kappa shape index (κ1) is 16.0. The molecule has 2 nitrogen and oxygen atoms in total. The normalized spacial score (nSPS) is 35.0. The third-order valence-electron chi connectivity index (χ3n) is 6.67. The van der Waals surface area contributed by atoms with Gasteiger partial charge in [-0.2, -0.15) is 0 Å². The van der Waals surface area contributed by atoms with Crippen LogP contribution in [0, 0.1) is 29.6 Å². The molecule has 0 aromatic heterocycles. The van der Waals surface area contributed by atoms with Crippen LogP contribution in [0.1, 0.15) is 25.7 Å². The molecule has 5 rings (SSSR count). The highest BCUT2D eigenvalue weighted by Gasteiger charge is 2.65. The number of hydrogen-bond donors (Lipinski definition) is 1. The molecule has 0 radical (unpaired) electrons. The number of carbonyl (C=O) groups is 1. The van der Waals surface area contributed by atoms with Crippen molar-refractivity contribution in [1.82, 2.24) is 0 Å². The topological polar surface area (TPSA) is 29.1 Å².